The molecule has 6 nitrogen and oxygen atoms in total. The molecule has 3 rings (SSSR count). The largest absolute Gasteiger partial charge is 0.323 e. The van der Waals surface area contributed by atoms with Gasteiger partial charge in [-0.05, 0) is 24.8 Å². The van der Waals surface area contributed by atoms with Gasteiger partial charge in [0.25, 0.3) is 6.43 Å². The van der Waals surface area contributed by atoms with E-state index >= 15 is 0 Å². The Balaban J connectivity index is 1.62. The van der Waals surface area contributed by atoms with Crippen molar-refractivity contribution in [2.45, 2.75) is 38.3 Å². The van der Waals surface area contributed by atoms with Crippen molar-refractivity contribution < 1.29 is 13.6 Å². The second kappa shape index (κ2) is 7.37. The van der Waals surface area contributed by atoms with Gasteiger partial charge in [-0.2, -0.15) is 0 Å². The zero-order valence-electron chi connectivity index (χ0n) is 13.1. The van der Waals surface area contributed by atoms with Gasteiger partial charge >= 0.3 is 6.03 Å². The molecule has 0 radical (unpaired) electrons. The Hall–Kier alpha value is -2.51. The summed E-state index contributed by atoms with van der Waals surface area (Å²) in [6.07, 6.45) is 0.825. The van der Waals surface area contributed by atoms with Gasteiger partial charge in [-0.25, -0.2) is 18.3 Å². The minimum absolute atomic E-state index is 0.259. The number of nitrogens with one attached hydrogen (secondary N) is 1. The lowest BCUT2D eigenvalue weighted by atomic mass is 10.0. The molecule has 1 fully saturated rings. The van der Waals surface area contributed by atoms with E-state index in [1.165, 1.54) is 4.90 Å². The van der Waals surface area contributed by atoms with Crippen molar-refractivity contribution in [2.24, 2.45) is 0 Å². The number of hydrogen-bond donors (Lipinski definition) is 1. The van der Waals surface area contributed by atoms with Gasteiger partial charge in [0.1, 0.15) is 0 Å². The highest BCUT2D eigenvalue weighted by atomic mass is 19.3. The fourth-order valence-electron chi connectivity index (χ4n) is 2.86. The number of aromatic nitrogens is 3. The summed E-state index contributed by atoms with van der Waals surface area (Å²) in [6, 6.07) is 8.12. The molecule has 128 valence electrons. The second-order valence-electron chi connectivity index (χ2n) is 5.81. The van der Waals surface area contributed by atoms with Crippen molar-refractivity contribution in [3.8, 4) is 0 Å². The number of rotatable bonds is 4. The minimum Gasteiger partial charge on any atom is -0.316 e. The van der Waals surface area contributed by atoms with E-state index in [0.29, 0.717) is 25.9 Å². The number of amides is 2. The zero-order chi connectivity index (χ0) is 16.9. The molecule has 0 spiro atoms. The molecular weight excluding hydrogens is 316 g/mol. The number of hydrogen-bond acceptors (Lipinski definition) is 3. The Morgan fingerprint density at radius 3 is 2.83 bits per heavy atom. The van der Waals surface area contributed by atoms with Crippen LogP contribution >= 0.6 is 0 Å². The number of urea groups is 1. The minimum atomic E-state index is -2.54. The molecule has 8 heteroatoms. The van der Waals surface area contributed by atoms with Crippen molar-refractivity contribution in [1.29, 1.82) is 0 Å². The number of carbonyl (C=O) groups excluding carboxylic acids is 1. The number of alkyl halides is 2. The van der Waals surface area contributed by atoms with Crippen molar-refractivity contribution in [3.05, 3.63) is 42.1 Å². The third kappa shape index (κ3) is 3.87. The average molecular weight is 335 g/mol. The van der Waals surface area contributed by atoms with E-state index in [4.69, 9.17) is 0 Å². The van der Waals surface area contributed by atoms with E-state index in [0.717, 1.165) is 12.0 Å². The number of carbonyl (C=O) groups is 1. The van der Waals surface area contributed by atoms with Crippen molar-refractivity contribution >= 4 is 11.8 Å². The maximum absolute atomic E-state index is 13.1. The zero-order valence-corrected chi connectivity index (χ0v) is 13.1. The molecule has 0 bridgehead atoms. The van der Waals surface area contributed by atoms with Crippen LogP contribution < -0.4 is 5.32 Å². The summed E-state index contributed by atoms with van der Waals surface area (Å²) in [7, 11) is 0. The van der Waals surface area contributed by atoms with E-state index in [1.54, 1.807) is 10.9 Å². The van der Waals surface area contributed by atoms with Crippen molar-refractivity contribution in [3.63, 3.8) is 0 Å². The Kier molecular flexibility index (Phi) is 5.02. The first kappa shape index (κ1) is 16.4. The summed E-state index contributed by atoms with van der Waals surface area (Å²) in [4.78, 5) is 13.5. The Bertz CT molecular complexity index is 676. The third-order valence-electron chi connectivity index (χ3n) is 4.06. The third-order valence-corrected chi connectivity index (χ3v) is 4.06. The number of halogens is 2. The molecule has 0 saturated carbocycles. The molecular formula is C16H19F2N5O. The normalized spacial score (nSPS) is 18.0. The summed E-state index contributed by atoms with van der Waals surface area (Å²) >= 11 is 0. The number of anilines is 1. The highest BCUT2D eigenvalue weighted by Crippen LogP contribution is 2.23. The van der Waals surface area contributed by atoms with Crippen LogP contribution in [-0.2, 0) is 6.54 Å². The van der Waals surface area contributed by atoms with E-state index in [1.807, 2.05) is 30.3 Å². The Morgan fingerprint density at radius 1 is 1.29 bits per heavy atom. The van der Waals surface area contributed by atoms with Crippen LogP contribution in [0.1, 0.15) is 24.8 Å². The molecule has 2 amide bonds. The van der Waals surface area contributed by atoms with E-state index in [2.05, 4.69) is 15.6 Å². The van der Waals surface area contributed by atoms with Gasteiger partial charge in [0, 0.05) is 6.54 Å². The molecule has 1 aromatic carbocycles. The van der Waals surface area contributed by atoms with Gasteiger partial charge in [0.2, 0.25) is 0 Å². The highest BCUT2D eigenvalue weighted by Gasteiger charge is 2.33. The fraction of sp³-hybridized carbons (Fsp3) is 0.438. The lowest BCUT2D eigenvalue weighted by molar-refractivity contribution is 0.0267. The van der Waals surface area contributed by atoms with Crippen LogP contribution in [0.5, 0.6) is 0 Å². The highest BCUT2D eigenvalue weighted by molar-refractivity contribution is 5.88. The number of likely N-dealkylation sites (tertiary alicyclic amines) is 1. The molecule has 24 heavy (non-hydrogen) atoms. The summed E-state index contributed by atoms with van der Waals surface area (Å²) in [5.74, 6) is 0.259. The van der Waals surface area contributed by atoms with Crippen LogP contribution in [0.2, 0.25) is 0 Å². The standard InChI is InChI=1S/C16H19F2N5O/c17-15(18)13-8-4-5-9-23(13)16(24)19-14-11-22(21-20-14)10-12-6-2-1-3-7-12/h1-3,6-7,11,13,15H,4-5,8-10H2,(H,19,24)/t13-/m0/s1. The maximum Gasteiger partial charge on any atom is 0.323 e. The van der Waals surface area contributed by atoms with E-state index < -0.39 is 18.5 Å². The first-order valence-electron chi connectivity index (χ1n) is 7.93. The molecule has 1 aliphatic rings. The first-order chi connectivity index (χ1) is 11.6. The topological polar surface area (TPSA) is 63.1 Å². The molecule has 1 saturated heterocycles. The Morgan fingerprint density at radius 2 is 2.08 bits per heavy atom. The quantitative estimate of drug-likeness (QED) is 0.934. The first-order valence-corrected chi connectivity index (χ1v) is 7.93. The monoisotopic (exact) mass is 335 g/mol. The summed E-state index contributed by atoms with van der Waals surface area (Å²) in [6.45, 7) is 0.853. The predicted molar refractivity (Wildman–Crippen MR) is 84.9 cm³/mol. The van der Waals surface area contributed by atoms with Gasteiger partial charge in [-0.1, -0.05) is 35.5 Å². The van der Waals surface area contributed by atoms with Crippen LogP contribution in [0, 0.1) is 0 Å². The lowest BCUT2D eigenvalue weighted by Gasteiger charge is -2.34. The van der Waals surface area contributed by atoms with Gasteiger partial charge in [0.05, 0.1) is 18.8 Å². The molecule has 1 N–H and O–H groups in total. The molecule has 1 aromatic heterocycles. The van der Waals surface area contributed by atoms with E-state index in [-0.39, 0.29) is 5.82 Å². The molecule has 0 aliphatic carbocycles. The van der Waals surface area contributed by atoms with Crippen LogP contribution in [0.4, 0.5) is 19.4 Å². The van der Waals surface area contributed by atoms with Crippen molar-refractivity contribution in [1.82, 2.24) is 19.9 Å². The van der Waals surface area contributed by atoms with Crippen molar-refractivity contribution in [2.75, 3.05) is 11.9 Å². The molecule has 2 aromatic rings. The Labute approximate surface area is 138 Å². The van der Waals surface area contributed by atoms with E-state index in [9.17, 15) is 13.6 Å². The lowest BCUT2D eigenvalue weighted by Crippen LogP contribution is -2.49. The summed E-state index contributed by atoms with van der Waals surface area (Å²) in [5, 5.41) is 10.4. The SMILES string of the molecule is O=C(Nc1cn(Cc2ccccc2)nn1)N1CCCC[C@H]1C(F)F. The van der Waals surface area contributed by atoms with Gasteiger partial charge in [-0.15, -0.1) is 5.10 Å². The number of piperidine rings is 1. The van der Waals surface area contributed by atoms with Crippen LogP contribution in [0.15, 0.2) is 36.5 Å². The number of benzene rings is 1. The summed E-state index contributed by atoms with van der Waals surface area (Å²) in [5.41, 5.74) is 1.05. The molecule has 1 atom stereocenters. The van der Waals surface area contributed by atoms with Gasteiger partial charge in [-0.3, -0.25) is 5.32 Å². The van der Waals surface area contributed by atoms with Gasteiger partial charge in [0.15, 0.2) is 5.82 Å². The second-order valence-corrected chi connectivity index (χ2v) is 5.81. The van der Waals surface area contributed by atoms with Gasteiger partial charge < -0.3 is 4.90 Å². The molecule has 2 heterocycles. The smallest absolute Gasteiger partial charge is 0.316 e. The number of nitrogens with zero attached hydrogens (tertiary/aromatic N) is 4. The molecule has 0 unspecified atom stereocenters. The molecule has 1 aliphatic heterocycles. The van der Waals surface area contributed by atoms with Crippen LogP contribution in [0.25, 0.3) is 0 Å². The predicted octanol–water partition coefficient (Wildman–Crippen LogP) is 2.98. The van der Waals surface area contributed by atoms with Crippen LogP contribution in [-0.4, -0.2) is 44.9 Å². The average Bonchev–Trinajstić information content (AvgIpc) is 3.02. The maximum atomic E-state index is 13.1. The van der Waals surface area contributed by atoms with Crippen LogP contribution in [0.3, 0.4) is 0 Å². The fourth-order valence-corrected chi connectivity index (χ4v) is 2.86. The summed E-state index contributed by atoms with van der Waals surface area (Å²) < 4.78 is 27.7.